The van der Waals surface area contributed by atoms with Gasteiger partial charge in [-0.25, -0.2) is 0 Å². The van der Waals surface area contributed by atoms with Crippen LogP contribution < -0.4 is 5.56 Å². The summed E-state index contributed by atoms with van der Waals surface area (Å²) in [6.07, 6.45) is 4.11. The summed E-state index contributed by atoms with van der Waals surface area (Å²) in [4.78, 5) is 11.5. The molecule has 0 saturated heterocycles. The zero-order valence-corrected chi connectivity index (χ0v) is 9.44. The van der Waals surface area contributed by atoms with E-state index in [1.54, 1.807) is 0 Å². The van der Waals surface area contributed by atoms with Gasteiger partial charge in [-0.05, 0) is 12.5 Å². The van der Waals surface area contributed by atoms with E-state index >= 15 is 0 Å². The van der Waals surface area contributed by atoms with Gasteiger partial charge < -0.3 is 5.11 Å². The summed E-state index contributed by atoms with van der Waals surface area (Å²) in [7, 11) is 0. The molecule has 0 saturated carbocycles. The van der Waals surface area contributed by atoms with Crippen LogP contribution in [0.25, 0.3) is 0 Å². The molecular formula is C12H16N2O2. The van der Waals surface area contributed by atoms with E-state index < -0.39 is 0 Å². The highest BCUT2D eigenvalue weighted by Gasteiger charge is 2.07. The molecule has 0 bridgehead atoms. The predicted octanol–water partition coefficient (Wildman–Crippen LogP) is 2.01. The molecule has 0 amide bonds. The number of nitriles is 1. The minimum Gasteiger partial charge on any atom is -0.493 e. The van der Waals surface area contributed by atoms with Crippen LogP contribution in [0.5, 0.6) is 5.88 Å². The van der Waals surface area contributed by atoms with Gasteiger partial charge in [0.1, 0.15) is 11.6 Å². The van der Waals surface area contributed by atoms with Gasteiger partial charge in [-0.3, -0.25) is 9.36 Å². The van der Waals surface area contributed by atoms with Gasteiger partial charge in [0.25, 0.3) is 5.56 Å². The van der Waals surface area contributed by atoms with E-state index in [2.05, 4.69) is 6.92 Å². The lowest BCUT2D eigenvalue weighted by atomic mass is 10.2. The van der Waals surface area contributed by atoms with Gasteiger partial charge in [0.15, 0.2) is 0 Å². The average Bonchev–Trinajstić information content (AvgIpc) is 2.28. The van der Waals surface area contributed by atoms with E-state index in [9.17, 15) is 9.90 Å². The molecule has 1 rings (SSSR count). The molecule has 0 unspecified atom stereocenters. The van der Waals surface area contributed by atoms with Crippen molar-refractivity contribution in [2.75, 3.05) is 0 Å². The summed E-state index contributed by atoms with van der Waals surface area (Å²) >= 11 is 0. The Hall–Kier alpha value is -1.76. The lowest BCUT2D eigenvalue weighted by molar-refractivity contribution is 0.397. The summed E-state index contributed by atoms with van der Waals surface area (Å²) in [6, 6.07) is 4.52. The molecule has 16 heavy (non-hydrogen) atoms. The normalized spacial score (nSPS) is 10.0. The minimum absolute atomic E-state index is 0.148. The predicted molar refractivity (Wildman–Crippen MR) is 61.2 cm³/mol. The van der Waals surface area contributed by atoms with Crippen molar-refractivity contribution in [3.8, 4) is 11.9 Å². The highest BCUT2D eigenvalue weighted by Crippen LogP contribution is 2.13. The molecule has 86 valence electrons. The Morgan fingerprint density at radius 3 is 2.75 bits per heavy atom. The van der Waals surface area contributed by atoms with Gasteiger partial charge in [-0.1, -0.05) is 26.2 Å². The molecule has 1 aromatic heterocycles. The Labute approximate surface area is 94.8 Å². The Bertz CT molecular complexity index is 443. The first-order valence-corrected chi connectivity index (χ1v) is 5.53. The van der Waals surface area contributed by atoms with Crippen molar-refractivity contribution in [1.29, 1.82) is 5.26 Å². The molecule has 0 aliphatic heterocycles. The Morgan fingerprint density at radius 1 is 1.38 bits per heavy atom. The fourth-order valence-corrected chi connectivity index (χ4v) is 1.57. The maximum absolute atomic E-state index is 11.5. The molecule has 0 radical (unpaired) electrons. The second kappa shape index (κ2) is 5.96. The first kappa shape index (κ1) is 12.3. The number of aromatic hydroxyl groups is 1. The van der Waals surface area contributed by atoms with Crippen LogP contribution in [0.15, 0.2) is 16.9 Å². The first-order valence-electron chi connectivity index (χ1n) is 5.53. The van der Waals surface area contributed by atoms with Crippen molar-refractivity contribution < 1.29 is 5.11 Å². The van der Waals surface area contributed by atoms with Crippen LogP contribution in [0, 0.1) is 11.3 Å². The summed E-state index contributed by atoms with van der Waals surface area (Å²) in [6.45, 7) is 2.58. The van der Waals surface area contributed by atoms with E-state index in [4.69, 9.17) is 5.26 Å². The molecule has 0 aliphatic rings. The molecule has 0 aromatic carbocycles. The Morgan fingerprint density at radius 2 is 2.12 bits per heavy atom. The van der Waals surface area contributed by atoms with Crippen LogP contribution in [0.2, 0.25) is 0 Å². The molecule has 0 aliphatic carbocycles. The fraction of sp³-hybridized carbons (Fsp3) is 0.500. The molecule has 1 aromatic rings. The second-order valence-corrected chi connectivity index (χ2v) is 3.73. The number of hydrogen-bond acceptors (Lipinski definition) is 3. The standard InChI is InChI=1S/C12H16N2O2/c1-2-3-4-5-8-14-11(15)7-6-10(9-13)12(14)16/h6-7,16H,2-5,8H2,1H3. The number of rotatable bonds is 5. The number of unbranched alkanes of at least 4 members (excludes halogenated alkanes) is 3. The van der Waals surface area contributed by atoms with Crippen molar-refractivity contribution in [2.45, 2.75) is 39.2 Å². The van der Waals surface area contributed by atoms with Gasteiger partial charge in [0.2, 0.25) is 5.88 Å². The van der Waals surface area contributed by atoms with E-state index in [1.165, 1.54) is 16.7 Å². The average molecular weight is 220 g/mol. The third-order valence-corrected chi connectivity index (χ3v) is 2.51. The smallest absolute Gasteiger partial charge is 0.253 e. The molecule has 0 atom stereocenters. The van der Waals surface area contributed by atoms with Crippen molar-refractivity contribution in [2.24, 2.45) is 0 Å². The highest BCUT2D eigenvalue weighted by atomic mass is 16.3. The number of hydrogen-bond donors (Lipinski definition) is 1. The summed E-state index contributed by atoms with van der Waals surface area (Å²) < 4.78 is 1.26. The number of nitrogens with zero attached hydrogens (tertiary/aromatic N) is 2. The number of pyridine rings is 1. The number of aromatic nitrogens is 1. The second-order valence-electron chi connectivity index (χ2n) is 3.73. The quantitative estimate of drug-likeness (QED) is 0.772. The van der Waals surface area contributed by atoms with Gasteiger partial charge in [-0.15, -0.1) is 0 Å². The molecule has 4 heteroatoms. The van der Waals surface area contributed by atoms with E-state index in [0.717, 1.165) is 25.7 Å². The van der Waals surface area contributed by atoms with Gasteiger partial charge in [0, 0.05) is 12.6 Å². The Kier molecular flexibility index (Phi) is 4.59. The third kappa shape index (κ3) is 2.86. The van der Waals surface area contributed by atoms with Crippen LogP contribution >= 0.6 is 0 Å². The van der Waals surface area contributed by atoms with E-state index in [-0.39, 0.29) is 17.0 Å². The molecular weight excluding hydrogens is 204 g/mol. The van der Waals surface area contributed by atoms with Crippen molar-refractivity contribution in [3.63, 3.8) is 0 Å². The monoisotopic (exact) mass is 220 g/mol. The zero-order valence-electron chi connectivity index (χ0n) is 9.44. The molecule has 0 spiro atoms. The fourth-order valence-electron chi connectivity index (χ4n) is 1.57. The van der Waals surface area contributed by atoms with Crippen LogP contribution in [0.1, 0.15) is 38.2 Å². The van der Waals surface area contributed by atoms with Crippen LogP contribution in [0.4, 0.5) is 0 Å². The SMILES string of the molecule is CCCCCCn1c(O)c(C#N)ccc1=O. The maximum atomic E-state index is 11.5. The summed E-state index contributed by atoms with van der Waals surface area (Å²) in [5, 5.41) is 18.4. The summed E-state index contributed by atoms with van der Waals surface area (Å²) in [5.74, 6) is -0.216. The van der Waals surface area contributed by atoms with Gasteiger partial charge in [0.05, 0.1) is 0 Å². The van der Waals surface area contributed by atoms with Gasteiger partial charge >= 0.3 is 0 Å². The lowest BCUT2D eigenvalue weighted by Gasteiger charge is -2.08. The van der Waals surface area contributed by atoms with Crippen LogP contribution in [-0.4, -0.2) is 9.67 Å². The van der Waals surface area contributed by atoms with Crippen molar-refractivity contribution >= 4 is 0 Å². The third-order valence-electron chi connectivity index (χ3n) is 2.51. The van der Waals surface area contributed by atoms with E-state index in [0.29, 0.717) is 6.54 Å². The first-order chi connectivity index (χ1) is 7.70. The Balaban J connectivity index is 2.79. The van der Waals surface area contributed by atoms with E-state index in [1.807, 2.05) is 6.07 Å². The summed E-state index contributed by atoms with van der Waals surface area (Å²) in [5.41, 5.74) is -0.108. The van der Waals surface area contributed by atoms with Gasteiger partial charge in [-0.2, -0.15) is 5.26 Å². The zero-order chi connectivity index (χ0) is 12.0. The highest BCUT2D eigenvalue weighted by molar-refractivity contribution is 5.37. The van der Waals surface area contributed by atoms with Crippen LogP contribution in [0.3, 0.4) is 0 Å². The topological polar surface area (TPSA) is 66.0 Å². The largest absolute Gasteiger partial charge is 0.493 e. The lowest BCUT2D eigenvalue weighted by Crippen LogP contribution is -2.19. The molecule has 1 N–H and O–H groups in total. The van der Waals surface area contributed by atoms with Crippen molar-refractivity contribution in [1.82, 2.24) is 4.57 Å². The molecule has 4 nitrogen and oxygen atoms in total. The molecule has 0 fully saturated rings. The van der Waals surface area contributed by atoms with Crippen molar-refractivity contribution in [3.05, 3.63) is 28.0 Å². The minimum atomic E-state index is -0.256. The van der Waals surface area contributed by atoms with Crippen LogP contribution in [-0.2, 0) is 6.54 Å². The maximum Gasteiger partial charge on any atom is 0.253 e. The molecule has 1 heterocycles.